The molecule has 0 heterocycles. The summed E-state index contributed by atoms with van der Waals surface area (Å²) in [5.74, 6) is -1.75. The SMILES string of the molecule is CCCCN(C(=O)NC(C)=O)C(=O)NC(=O)NC(=O)NC(C)(C)C(=O)NC(=O)NC(=O)NC. The zero-order valence-corrected chi connectivity index (χ0v) is 18.8. The van der Waals surface area contributed by atoms with Crippen LogP contribution < -0.4 is 37.2 Å². The van der Waals surface area contributed by atoms with Crippen molar-refractivity contribution in [2.24, 2.45) is 0 Å². The average Bonchev–Trinajstić information content (AvgIpc) is 2.66. The van der Waals surface area contributed by atoms with Crippen molar-refractivity contribution in [1.29, 1.82) is 0 Å². The molecule has 16 heteroatoms. The maximum absolute atomic E-state index is 12.2. The van der Waals surface area contributed by atoms with Crippen LogP contribution in [-0.4, -0.2) is 72.0 Å². The molecule has 0 aromatic carbocycles. The number of carbonyl (C=O) groups excluding carboxylic acids is 8. The Labute approximate surface area is 188 Å². The third-order valence-corrected chi connectivity index (χ3v) is 3.63. The van der Waals surface area contributed by atoms with Gasteiger partial charge in [0, 0.05) is 20.5 Å². The predicted octanol–water partition coefficient (Wildman–Crippen LogP) is -0.583. The van der Waals surface area contributed by atoms with Crippen LogP contribution in [0.4, 0.5) is 28.8 Å². The highest BCUT2D eigenvalue weighted by atomic mass is 16.2. The lowest BCUT2D eigenvalue weighted by molar-refractivity contribution is -0.125. The minimum Gasteiger partial charge on any atom is -0.341 e. The van der Waals surface area contributed by atoms with Crippen molar-refractivity contribution in [1.82, 2.24) is 42.1 Å². The van der Waals surface area contributed by atoms with E-state index in [-0.39, 0.29) is 6.54 Å². The lowest BCUT2D eigenvalue weighted by Crippen LogP contribution is -2.61. The first-order valence-corrected chi connectivity index (χ1v) is 9.60. The molecule has 0 aromatic rings. The second kappa shape index (κ2) is 13.2. The number of hydrogen-bond acceptors (Lipinski definition) is 8. The Bertz CT molecular complexity index is 826. The quantitative estimate of drug-likeness (QED) is 0.273. The molecule has 0 rings (SSSR count). The van der Waals surface area contributed by atoms with Gasteiger partial charge < -0.3 is 10.6 Å². The summed E-state index contributed by atoms with van der Waals surface area (Å²) >= 11 is 0. The molecule has 0 aliphatic carbocycles. The Hall–Kier alpha value is -4.24. The van der Waals surface area contributed by atoms with Crippen molar-refractivity contribution in [2.75, 3.05) is 13.6 Å². The highest BCUT2D eigenvalue weighted by molar-refractivity contribution is 6.08. The van der Waals surface area contributed by atoms with E-state index in [1.54, 1.807) is 22.9 Å². The van der Waals surface area contributed by atoms with Gasteiger partial charge in [-0.15, -0.1) is 0 Å². The van der Waals surface area contributed by atoms with E-state index in [1.807, 2.05) is 10.6 Å². The number of nitrogens with zero attached hydrogens (tertiary/aromatic N) is 1. The van der Waals surface area contributed by atoms with Crippen molar-refractivity contribution < 1.29 is 38.4 Å². The molecular weight excluding hydrogens is 444 g/mol. The first-order chi connectivity index (χ1) is 15.2. The van der Waals surface area contributed by atoms with Crippen molar-refractivity contribution in [2.45, 2.75) is 46.1 Å². The van der Waals surface area contributed by atoms with Gasteiger partial charge in [-0.25, -0.2) is 33.7 Å². The summed E-state index contributed by atoms with van der Waals surface area (Å²) in [5.41, 5.74) is -1.73. The zero-order valence-electron chi connectivity index (χ0n) is 18.8. The number of carbonyl (C=O) groups is 8. The molecule has 0 aliphatic rings. The fourth-order valence-electron chi connectivity index (χ4n) is 1.96. The van der Waals surface area contributed by atoms with Crippen LogP contribution in [0.2, 0.25) is 0 Å². The number of rotatable bonds is 5. The summed E-state index contributed by atoms with van der Waals surface area (Å²) in [7, 11) is 1.24. The Morgan fingerprint density at radius 1 is 0.727 bits per heavy atom. The zero-order chi connectivity index (χ0) is 25.8. The van der Waals surface area contributed by atoms with Gasteiger partial charge in [-0.2, -0.15) is 0 Å². The van der Waals surface area contributed by atoms with Gasteiger partial charge in [0.05, 0.1) is 0 Å². The van der Waals surface area contributed by atoms with E-state index in [0.29, 0.717) is 17.7 Å². The molecule has 0 atom stereocenters. The van der Waals surface area contributed by atoms with E-state index in [0.717, 1.165) is 6.92 Å². The second-order valence-corrected chi connectivity index (χ2v) is 6.94. The van der Waals surface area contributed by atoms with Gasteiger partial charge in [0.2, 0.25) is 5.91 Å². The maximum Gasteiger partial charge on any atom is 0.333 e. The number of imide groups is 6. The van der Waals surface area contributed by atoms with Gasteiger partial charge in [0.25, 0.3) is 5.91 Å². The monoisotopic (exact) mass is 472 g/mol. The Morgan fingerprint density at radius 3 is 1.76 bits per heavy atom. The minimum absolute atomic E-state index is 0.105. The van der Waals surface area contributed by atoms with E-state index >= 15 is 0 Å². The summed E-state index contributed by atoms with van der Waals surface area (Å²) in [6.07, 6.45) is 0.988. The largest absolute Gasteiger partial charge is 0.341 e. The van der Waals surface area contributed by atoms with E-state index < -0.39 is 53.5 Å². The Kier molecular flexibility index (Phi) is 11.5. The van der Waals surface area contributed by atoms with Crippen LogP contribution in [0.1, 0.15) is 40.5 Å². The van der Waals surface area contributed by atoms with Gasteiger partial charge >= 0.3 is 36.2 Å². The normalized spacial score (nSPS) is 10.1. The van der Waals surface area contributed by atoms with Crippen LogP contribution >= 0.6 is 0 Å². The van der Waals surface area contributed by atoms with Crippen LogP contribution in [0.25, 0.3) is 0 Å². The van der Waals surface area contributed by atoms with Gasteiger partial charge in [-0.05, 0) is 20.3 Å². The van der Waals surface area contributed by atoms with Gasteiger partial charge in [-0.3, -0.25) is 36.2 Å². The van der Waals surface area contributed by atoms with Crippen LogP contribution in [0.5, 0.6) is 0 Å². The Morgan fingerprint density at radius 2 is 1.24 bits per heavy atom. The van der Waals surface area contributed by atoms with Crippen LogP contribution in [0, 0.1) is 0 Å². The summed E-state index contributed by atoms with van der Waals surface area (Å²) < 4.78 is 0. The highest BCUT2D eigenvalue weighted by Crippen LogP contribution is 2.02. The topological polar surface area (TPSA) is 224 Å². The summed E-state index contributed by atoms with van der Waals surface area (Å²) in [6, 6.07) is -6.85. The Balaban J connectivity index is 4.92. The van der Waals surface area contributed by atoms with E-state index in [4.69, 9.17) is 0 Å². The van der Waals surface area contributed by atoms with Crippen molar-refractivity contribution in [3.05, 3.63) is 0 Å². The molecule has 0 radical (unpaired) electrons. The molecule has 33 heavy (non-hydrogen) atoms. The first-order valence-electron chi connectivity index (χ1n) is 9.60. The third kappa shape index (κ3) is 11.1. The lowest BCUT2D eigenvalue weighted by atomic mass is 10.1. The van der Waals surface area contributed by atoms with Crippen molar-refractivity contribution in [3.8, 4) is 0 Å². The molecule has 14 amide bonds. The number of urea groups is 6. The van der Waals surface area contributed by atoms with Crippen LogP contribution in [0.15, 0.2) is 0 Å². The molecular formula is C17H28N8O8. The van der Waals surface area contributed by atoms with Gasteiger partial charge in [0.1, 0.15) is 5.54 Å². The number of nitrogens with one attached hydrogen (secondary N) is 7. The van der Waals surface area contributed by atoms with Crippen molar-refractivity contribution >= 4 is 48.0 Å². The number of hydrogen-bond donors (Lipinski definition) is 7. The molecule has 16 nitrogen and oxygen atoms in total. The first kappa shape index (κ1) is 28.8. The third-order valence-electron chi connectivity index (χ3n) is 3.63. The molecule has 0 fully saturated rings. The standard InChI is InChI=1S/C17H28N8O8/c1-6-7-8-25(15(32)19-9(2)26)16(33)23-13(30)22-14(31)24-17(3,4)10(27)20-12(29)21-11(28)18-5/h6-8H2,1-5H3,(H,19,26,32)(H3,18,20,21,27,28,29)(H3,22,23,24,30,31,33). The fourth-order valence-corrected chi connectivity index (χ4v) is 1.96. The molecule has 0 aromatic heterocycles. The molecule has 184 valence electrons. The smallest absolute Gasteiger partial charge is 0.333 e. The molecule has 0 bridgehead atoms. The van der Waals surface area contributed by atoms with E-state index in [9.17, 15) is 38.4 Å². The molecule has 0 saturated carbocycles. The maximum atomic E-state index is 12.2. The van der Waals surface area contributed by atoms with E-state index in [1.165, 1.54) is 20.9 Å². The van der Waals surface area contributed by atoms with E-state index in [2.05, 4.69) is 10.6 Å². The number of unbranched alkanes of at least 4 members (excludes halogenated alkanes) is 1. The predicted molar refractivity (Wildman–Crippen MR) is 112 cm³/mol. The molecule has 0 aliphatic heterocycles. The van der Waals surface area contributed by atoms with Crippen LogP contribution in [0.3, 0.4) is 0 Å². The minimum atomic E-state index is -1.73. The van der Waals surface area contributed by atoms with Gasteiger partial charge in [-0.1, -0.05) is 13.3 Å². The second-order valence-electron chi connectivity index (χ2n) is 6.94. The lowest BCUT2D eigenvalue weighted by Gasteiger charge is -2.24. The summed E-state index contributed by atoms with van der Waals surface area (Å²) in [4.78, 5) is 94.4. The van der Waals surface area contributed by atoms with Crippen LogP contribution in [-0.2, 0) is 9.59 Å². The average molecular weight is 472 g/mol. The van der Waals surface area contributed by atoms with Gasteiger partial charge in [0.15, 0.2) is 0 Å². The summed E-state index contributed by atoms with van der Waals surface area (Å²) in [6.45, 7) is 5.13. The summed E-state index contributed by atoms with van der Waals surface area (Å²) in [5, 5.41) is 13.1. The molecule has 0 saturated heterocycles. The number of amides is 14. The van der Waals surface area contributed by atoms with Crippen molar-refractivity contribution in [3.63, 3.8) is 0 Å². The molecule has 0 unspecified atom stereocenters. The fraction of sp³-hybridized carbons (Fsp3) is 0.529. The molecule has 0 spiro atoms. The molecule has 7 N–H and O–H groups in total. The highest BCUT2D eigenvalue weighted by Gasteiger charge is 2.32.